The van der Waals surface area contributed by atoms with Crippen molar-refractivity contribution in [3.8, 4) is 5.75 Å². The third-order valence-corrected chi connectivity index (χ3v) is 3.80. The normalized spacial score (nSPS) is 11.8. The number of ether oxygens (including phenoxy) is 2. The van der Waals surface area contributed by atoms with E-state index in [4.69, 9.17) is 32.7 Å². The molecule has 1 aromatic heterocycles. The molecule has 122 valence electrons. The van der Waals surface area contributed by atoms with Gasteiger partial charge in [0.25, 0.3) is 0 Å². The molecular formula is C16H16Cl2N2O3. The molecule has 0 spiro atoms. The highest BCUT2D eigenvalue weighted by Gasteiger charge is 2.26. The van der Waals surface area contributed by atoms with Crippen molar-refractivity contribution in [3.05, 3.63) is 52.0 Å². The van der Waals surface area contributed by atoms with Crippen LogP contribution in [0.15, 0.2) is 30.5 Å². The number of halogens is 2. The Kier molecular flexibility index (Phi) is 6.19. The van der Waals surface area contributed by atoms with Gasteiger partial charge in [-0.3, -0.25) is 4.79 Å². The molecule has 1 heterocycles. The van der Waals surface area contributed by atoms with Gasteiger partial charge in [0.1, 0.15) is 10.9 Å². The summed E-state index contributed by atoms with van der Waals surface area (Å²) in [5, 5.41) is 0.276. The molecule has 0 bridgehead atoms. The number of hydrogen-bond acceptors (Lipinski definition) is 5. The molecule has 1 unspecified atom stereocenters. The Bertz CT molecular complexity index is 695. The van der Waals surface area contributed by atoms with Crippen molar-refractivity contribution in [1.29, 1.82) is 0 Å². The second-order valence-corrected chi connectivity index (χ2v) is 5.40. The van der Waals surface area contributed by atoms with Gasteiger partial charge in [-0.05, 0) is 31.0 Å². The zero-order valence-electron chi connectivity index (χ0n) is 12.8. The number of benzene rings is 1. The van der Waals surface area contributed by atoms with Crippen molar-refractivity contribution in [3.63, 3.8) is 0 Å². The lowest BCUT2D eigenvalue weighted by Crippen LogP contribution is -2.19. The van der Waals surface area contributed by atoms with E-state index in [1.165, 1.54) is 6.20 Å². The van der Waals surface area contributed by atoms with Gasteiger partial charge < -0.3 is 9.47 Å². The Balaban J connectivity index is 2.40. The first kappa shape index (κ1) is 17.5. The van der Waals surface area contributed by atoms with Gasteiger partial charge in [0.05, 0.1) is 19.6 Å². The van der Waals surface area contributed by atoms with Gasteiger partial charge in [-0.25, -0.2) is 9.97 Å². The van der Waals surface area contributed by atoms with Crippen LogP contribution in [0.4, 0.5) is 0 Å². The number of carbonyl (C=O) groups is 1. The Morgan fingerprint density at radius 3 is 2.70 bits per heavy atom. The summed E-state index contributed by atoms with van der Waals surface area (Å²) in [5.41, 5.74) is 1.33. The van der Waals surface area contributed by atoms with Crippen LogP contribution in [0.1, 0.15) is 24.0 Å². The van der Waals surface area contributed by atoms with Crippen LogP contribution in [0.3, 0.4) is 0 Å². The van der Waals surface area contributed by atoms with Crippen LogP contribution in [0.5, 0.6) is 5.75 Å². The van der Waals surface area contributed by atoms with Gasteiger partial charge in [0, 0.05) is 17.3 Å². The molecule has 0 amide bonds. The largest absolute Gasteiger partial charge is 0.496 e. The zero-order valence-corrected chi connectivity index (χ0v) is 14.3. The third-order valence-electron chi connectivity index (χ3n) is 3.29. The molecule has 2 rings (SSSR count). The predicted molar refractivity (Wildman–Crippen MR) is 88.1 cm³/mol. The van der Waals surface area contributed by atoms with E-state index >= 15 is 0 Å². The maximum atomic E-state index is 12.4. The minimum Gasteiger partial charge on any atom is -0.496 e. The third kappa shape index (κ3) is 4.33. The van der Waals surface area contributed by atoms with E-state index in [9.17, 15) is 4.79 Å². The highest BCUT2D eigenvalue weighted by Crippen LogP contribution is 2.31. The number of hydrogen-bond donors (Lipinski definition) is 0. The van der Waals surface area contributed by atoms with Gasteiger partial charge in [0.15, 0.2) is 0 Å². The lowest BCUT2D eigenvalue weighted by atomic mass is 9.92. The topological polar surface area (TPSA) is 61.3 Å². The molecule has 0 aliphatic heterocycles. The smallest absolute Gasteiger partial charge is 0.313 e. The first-order chi connectivity index (χ1) is 11.1. The van der Waals surface area contributed by atoms with Crippen LogP contribution in [0.25, 0.3) is 0 Å². The summed E-state index contributed by atoms with van der Waals surface area (Å²) in [7, 11) is 1.55. The van der Waals surface area contributed by atoms with Crippen molar-refractivity contribution in [2.75, 3.05) is 13.7 Å². The van der Waals surface area contributed by atoms with Crippen LogP contribution in [0, 0.1) is 0 Å². The minimum absolute atomic E-state index is 0.0590. The standard InChI is InChI=1S/C16H16Cl2N2O3/c1-3-23-15(21)12(11-6-4-5-7-13(11)22-2)8-10-9-19-16(18)20-14(10)17/h4-7,9,12H,3,8H2,1-2H3. The van der Waals surface area contributed by atoms with E-state index in [1.807, 2.05) is 18.2 Å². The van der Waals surface area contributed by atoms with E-state index < -0.39 is 5.92 Å². The summed E-state index contributed by atoms with van der Waals surface area (Å²) < 4.78 is 10.5. The number of esters is 1. The first-order valence-corrected chi connectivity index (χ1v) is 7.78. The van der Waals surface area contributed by atoms with E-state index in [2.05, 4.69) is 9.97 Å². The lowest BCUT2D eigenvalue weighted by molar-refractivity contribution is -0.145. The van der Waals surface area contributed by atoms with Crippen LogP contribution < -0.4 is 4.74 Å². The average molecular weight is 355 g/mol. The van der Waals surface area contributed by atoms with Gasteiger partial charge in [-0.15, -0.1) is 0 Å². The first-order valence-electron chi connectivity index (χ1n) is 7.03. The molecule has 23 heavy (non-hydrogen) atoms. The van der Waals surface area contributed by atoms with Crippen LogP contribution >= 0.6 is 23.2 Å². The SMILES string of the molecule is CCOC(=O)C(Cc1cnc(Cl)nc1Cl)c1ccccc1OC. The van der Waals surface area contributed by atoms with E-state index in [-0.39, 0.29) is 29.4 Å². The molecule has 5 nitrogen and oxygen atoms in total. The highest BCUT2D eigenvalue weighted by atomic mass is 35.5. The quantitative estimate of drug-likeness (QED) is 0.449. The van der Waals surface area contributed by atoms with Crippen molar-refractivity contribution < 1.29 is 14.3 Å². The summed E-state index contributed by atoms with van der Waals surface area (Å²) in [6.07, 6.45) is 1.80. The maximum absolute atomic E-state index is 12.4. The molecule has 2 aromatic rings. The highest BCUT2D eigenvalue weighted by molar-refractivity contribution is 6.32. The van der Waals surface area contributed by atoms with Crippen molar-refractivity contribution in [1.82, 2.24) is 9.97 Å². The summed E-state index contributed by atoms with van der Waals surface area (Å²) >= 11 is 11.8. The van der Waals surface area contributed by atoms with Gasteiger partial charge in [-0.1, -0.05) is 29.8 Å². The van der Waals surface area contributed by atoms with Crippen LogP contribution in [-0.2, 0) is 16.0 Å². The Morgan fingerprint density at radius 1 is 1.30 bits per heavy atom. The van der Waals surface area contributed by atoms with E-state index in [0.29, 0.717) is 11.3 Å². The van der Waals surface area contributed by atoms with Crippen LogP contribution in [-0.4, -0.2) is 29.7 Å². The predicted octanol–water partition coefficient (Wildman–Crippen LogP) is 3.68. The molecule has 0 N–H and O–H groups in total. The van der Waals surface area contributed by atoms with Gasteiger partial charge in [-0.2, -0.15) is 0 Å². The Labute approximate surface area is 144 Å². The van der Waals surface area contributed by atoms with E-state index in [0.717, 1.165) is 5.56 Å². The van der Waals surface area contributed by atoms with Crippen molar-refractivity contribution in [2.45, 2.75) is 19.3 Å². The Morgan fingerprint density at radius 2 is 2.04 bits per heavy atom. The minimum atomic E-state index is -0.576. The summed E-state index contributed by atoms with van der Waals surface area (Å²) in [4.78, 5) is 20.2. The maximum Gasteiger partial charge on any atom is 0.313 e. The molecule has 1 atom stereocenters. The molecule has 7 heteroatoms. The molecule has 0 saturated carbocycles. The summed E-state index contributed by atoms with van der Waals surface area (Å²) in [6, 6.07) is 7.29. The second-order valence-electron chi connectivity index (χ2n) is 4.71. The number of para-hydroxylation sites is 1. The van der Waals surface area contributed by atoms with Crippen LogP contribution in [0.2, 0.25) is 10.4 Å². The monoisotopic (exact) mass is 354 g/mol. The number of aromatic nitrogens is 2. The van der Waals surface area contributed by atoms with Crippen molar-refractivity contribution in [2.24, 2.45) is 0 Å². The van der Waals surface area contributed by atoms with Gasteiger partial charge >= 0.3 is 5.97 Å². The number of rotatable bonds is 6. The molecule has 0 radical (unpaired) electrons. The average Bonchev–Trinajstić information content (AvgIpc) is 2.54. The van der Waals surface area contributed by atoms with E-state index in [1.54, 1.807) is 20.1 Å². The lowest BCUT2D eigenvalue weighted by Gasteiger charge is -2.18. The fraction of sp³-hybridized carbons (Fsp3) is 0.312. The molecule has 0 aliphatic rings. The van der Waals surface area contributed by atoms with Gasteiger partial charge in [0.2, 0.25) is 5.28 Å². The fourth-order valence-electron chi connectivity index (χ4n) is 2.24. The summed E-state index contributed by atoms with van der Waals surface area (Å²) in [6.45, 7) is 2.05. The Hall–Kier alpha value is -1.85. The zero-order chi connectivity index (χ0) is 16.8. The molecule has 0 saturated heterocycles. The number of methoxy groups -OCH3 is 1. The van der Waals surface area contributed by atoms with Crippen molar-refractivity contribution >= 4 is 29.2 Å². The molecular weight excluding hydrogens is 339 g/mol. The number of nitrogens with zero attached hydrogens (tertiary/aromatic N) is 2. The molecule has 0 aliphatic carbocycles. The molecule has 0 fully saturated rings. The number of carbonyl (C=O) groups excluding carboxylic acids is 1. The summed E-state index contributed by atoms with van der Waals surface area (Å²) in [5.74, 6) is -0.326. The molecule has 1 aromatic carbocycles. The second kappa shape index (κ2) is 8.13. The fourth-order valence-corrected chi connectivity index (χ4v) is 2.62.